The SMILES string of the molecule is CCc1nn(C)c(C(=O)N2CCc3nc(-c4ccncc4)nc(Nc4cccc(F)c4)c3C2)c1C. The number of hydrogen-bond donors (Lipinski definition) is 1. The molecule has 9 heteroatoms. The third kappa shape index (κ3) is 4.37. The minimum absolute atomic E-state index is 0.0715. The third-order valence-corrected chi connectivity index (χ3v) is 6.29. The van der Waals surface area contributed by atoms with Gasteiger partial charge >= 0.3 is 0 Å². The molecule has 35 heavy (non-hydrogen) atoms. The summed E-state index contributed by atoms with van der Waals surface area (Å²) in [6.07, 6.45) is 4.73. The number of nitrogens with zero attached hydrogens (tertiary/aromatic N) is 6. The Morgan fingerprint density at radius 1 is 1.17 bits per heavy atom. The lowest BCUT2D eigenvalue weighted by Gasteiger charge is -2.30. The van der Waals surface area contributed by atoms with Crippen molar-refractivity contribution in [1.29, 1.82) is 0 Å². The van der Waals surface area contributed by atoms with Crippen LogP contribution >= 0.6 is 0 Å². The smallest absolute Gasteiger partial charge is 0.272 e. The molecule has 0 spiro atoms. The van der Waals surface area contributed by atoms with Crippen molar-refractivity contribution in [3.05, 3.63) is 82.8 Å². The summed E-state index contributed by atoms with van der Waals surface area (Å²) in [6, 6.07) is 9.93. The number of aromatic nitrogens is 5. The van der Waals surface area contributed by atoms with E-state index in [4.69, 9.17) is 9.97 Å². The Labute approximate surface area is 202 Å². The van der Waals surface area contributed by atoms with Crippen molar-refractivity contribution in [3.8, 4) is 11.4 Å². The molecule has 1 amide bonds. The van der Waals surface area contributed by atoms with Crippen molar-refractivity contribution in [3.63, 3.8) is 0 Å². The van der Waals surface area contributed by atoms with E-state index in [-0.39, 0.29) is 11.7 Å². The zero-order chi connectivity index (χ0) is 24.5. The molecule has 0 bridgehead atoms. The monoisotopic (exact) mass is 471 g/mol. The van der Waals surface area contributed by atoms with Gasteiger partial charge in [0.05, 0.1) is 17.9 Å². The van der Waals surface area contributed by atoms with Crippen LogP contribution in [0, 0.1) is 12.7 Å². The van der Waals surface area contributed by atoms with Gasteiger partial charge in [0.2, 0.25) is 0 Å². The Kier molecular flexibility index (Phi) is 5.98. The highest BCUT2D eigenvalue weighted by Gasteiger charge is 2.29. The van der Waals surface area contributed by atoms with Crippen LogP contribution in [0.4, 0.5) is 15.9 Å². The molecule has 1 aliphatic heterocycles. The van der Waals surface area contributed by atoms with Gasteiger partial charge in [-0.1, -0.05) is 13.0 Å². The maximum absolute atomic E-state index is 13.9. The van der Waals surface area contributed by atoms with Gasteiger partial charge in [0, 0.05) is 54.8 Å². The second-order valence-corrected chi connectivity index (χ2v) is 8.57. The molecule has 0 unspecified atom stereocenters. The lowest BCUT2D eigenvalue weighted by atomic mass is 10.0. The van der Waals surface area contributed by atoms with Gasteiger partial charge in [0.25, 0.3) is 5.91 Å². The molecule has 0 saturated carbocycles. The number of anilines is 2. The number of nitrogens with one attached hydrogen (secondary N) is 1. The number of pyridine rings is 1. The van der Waals surface area contributed by atoms with Gasteiger partial charge < -0.3 is 10.2 Å². The highest BCUT2D eigenvalue weighted by atomic mass is 19.1. The summed E-state index contributed by atoms with van der Waals surface area (Å²) in [4.78, 5) is 29.0. The summed E-state index contributed by atoms with van der Waals surface area (Å²) in [5, 5.41) is 7.76. The minimum atomic E-state index is -0.345. The van der Waals surface area contributed by atoms with E-state index in [2.05, 4.69) is 15.4 Å². The molecule has 0 fully saturated rings. The number of benzene rings is 1. The molecule has 8 nitrogen and oxygen atoms in total. The number of aryl methyl sites for hydroxylation is 2. The first kappa shape index (κ1) is 22.6. The zero-order valence-electron chi connectivity index (χ0n) is 19.9. The van der Waals surface area contributed by atoms with Crippen LogP contribution in [0.2, 0.25) is 0 Å². The van der Waals surface area contributed by atoms with E-state index in [1.54, 1.807) is 41.2 Å². The van der Waals surface area contributed by atoms with E-state index < -0.39 is 0 Å². The maximum Gasteiger partial charge on any atom is 0.272 e. The Morgan fingerprint density at radius 3 is 2.69 bits per heavy atom. The molecule has 4 heterocycles. The number of amides is 1. The van der Waals surface area contributed by atoms with Gasteiger partial charge in [-0.3, -0.25) is 14.5 Å². The van der Waals surface area contributed by atoms with Crippen molar-refractivity contribution >= 4 is 17.4 Å². The van der Waals surface area contributed by atoms with Gasteiger partial charge in [0.15, 0.2) is 5.82 Å². The van der Waals surface area contributed by atoms with Gasteiger partial charge in [-0.15, -0.1) is 0 Å². The van der Waals surface area contributed by atoms with E-state index in [0.717, 1.165) is 34.5 Å². The lowest BCUT2D eigenvalue weighted by Crippen LogP contribution is -2.38. The molecule has 0 aliphatic carbocycles. The Hall–Kier alpha value is -4.14. The molecule has 0 radical (unpaired) electrons. The second-order valence-electron chi connectivity index (χ2n) is 8.57. The van der Waals surface area contributed by atoms with Crippen molar-refractivity contribution < 1.29 is 9.18 Å². The summed E-state index contributed by atoms with van der Waals surface area (Å²) in [5.41, 5.74) is 5.53. The maximum atomic E-state index is 13.9. The molecule has 0 atom stereocenters. The first-order valence-corrected chi connectivity index (χ1v) is 11.6. The van der Waals surface area contributed by atoms with Crippen LogP contribution in [-0.2, 0) is 26.4 Å². The predicted octanol–water partition coefficient (Wildman–Crippen LogP) is 4.22. The topological polar surface area (TPSA) is 88.8 Å². The summed E-state index contributed by atoms with van der Waals surface area (Å²) in [7, 11) is 1.80. The molecule has 1 aliphatic rings. The molecule has 1 aromatic carbocycles. The number of carbonyl (C=O) groups is 1. The molecule has 178 valence electrons. The number of fused-ring (bicyclic) bond motifs is 1. The van der Waals surface area contributed by atoms with Crippen LogP contribution in [-0.4, -0.2) is 42.1 Å². The Balaban J connectivity index is 1.54. The van der Waals surface area contributed by atoms with Gasteiger partial charge in [-0.05, 0) is 43.7 Å². The molecule has 4 aromatic rings. The quantitative estimate of drug-likeness (QED) is 0.469. The third-order valence-electron chi connectivity index (χ3n) is 6.29. The number of halogens is 1. The fourth-order valence-corrected chi connectivity index (χ4v) is 4.49. The number of hydrogen-bond acceptors (Lipinski definition) is 6. The normalized spacial score (nSPS) is 13.0. The van der Waals surface area contributed by atoms with Crippen molar-refractivity contribution in [1.82, 2.24) is 29.6 Å². The van der Waals surface area contributed by atoms with Crippen LogP contribution in [0.5, 0.6) is 0 Å². The summed E-state index contributed by atoms with van der Waals surface area (Å²) in [5.74, 6) is 0.695. The van der Waals surface area contributed by atoms with Crippen LogP contribution in [0.25, 0.3) is 11.4 Å². The van der Waals surface area contributed by atoms with E-state index in [1.807, 2.05) is 26.0 Å². The van der Waals surface area contributed by atoms with Crippen molar-refractivity contribution in [2.75, 3.05) is 11.9 Å². The fraction of sp³-hybridized carbons (Fsp3) is 0.269. The molecular formula is C26H26FN7O. The zero-order valence-corrected chi connectivity index (χ0v) is 19.9. The van der Waals surface area contributed by atoms with E-state index in [0.29, 0.717) is 42.5 Å². The van der Waals surface area contributed by atoms with Gasteiger partial charge in [-0.2, -0.15) is 5.10 Å². The average molecular weight is 472 g/mol. The lowest BCUT2D eigenvalue weighted by molar-refractivity contribution is 0.0722. The minimum Gasteiger partial charge on any atom is -0.340 e. The Bertz CT molecular complexity index is 1400. The second kappa shape index (κ2) is 9.25. The Morgan fingerprint density at radius 2 is 1.97 bits per heavy atom. The molecule has 5 rings (SSSR count). The van der Waals surface area contributed by atoms with E-state index in [1.165, 1.54) is 12.1 Å². The number of carbonyl (C=O) groups excluding carboxylic acids is 1. The first-order chi connectivity index (χ1) is 16.9. The standard InChI is InChI=1S/C26H26FN7O/c1-4-21-16(2)23(33(3)32-21)26(35)34-13-10-22-20(15-34)25(29-19-7-5-6-18(27)14-19)31-24(30-22)17-8-11-28-12-9-17/h5-9,11-12,14H,4,10,13,15H2,1-3H3,(H,29,30,31). The summed E-state index contributed by atoms with van der Waals surface area (Å²) in [6.45, 7) is 4.85. The van der Waals surface area contributed by atoms with E-state index in [9.17, 15) is 9.18 Å². The fourth-order valence-electron chi connectivity index (χ4n) is 4.49. The van der Waals surface area contributed by atoms with Crippen LogP contribution in [0.1, 0.15) is 39.9 Å². The summed E-state index contributed by atoms with van der Waals surface area (Å²) >= 11 is 0. The predicted molar refractivity (Wildman–Crippen MR) is 131 cm³/mol. The highest BCUT2D eigenvalue weighted by molar-refractivity contribution is 5.94. The van der Waals surface area contributed by atoms with Crippen molar-refractivity contribution in [2.45, 2.75) is 33.2 Å². The van der Waals surface area contributed by atoms with Crippen LogP contribution in [0.3, 0.4) is 0 Å². The molecule has 1 N–H and O–H groups in total. The average Bonchev–Trinajstić information content (AvgIpc) is 3.16. The van der Waals surface area contributed by atoms with Crippen LogP contribution < -0.4 is 5.32 Å². The molecular weight excluding hydrogens is 445 g/mol. The number of rotatable bonds is 5. The van der Waals surface area contributed by atoms with Crippen molar-refractivity contribution in [2.24, 2.45) is 7.05 Å². The highest BCUT2D eigenvalue weighted by Crippen LogP contribution is 2.30. The molecule has 0 saturated heterocycles. The van der Waals surface area contributed by atoms with Gasteiger partial charge in [0.1, 0.15) is 17.3 Å². The van der Waals surface area contributed by atoms with Gasteiger partial charge in [-0.25, -0.2) is 14.4 Å². The van der Waals surface area contributed by atoms with Crippen LogP contribution in [0.15, 0.2) is 48.8 Å². The largest absolute Gasteiger partial charge is 0.340 e. The molecule has 3 aromatic heterocycles. The first-order valence-electron chi connectivity index (χ1n) is 11.6. The van der Waals surface area contributed by atoms with E-state index >= 15 is 0 Å². The summed E-state index contributed by atoms with van der Waals surface area (Å²) < 4.78 is 15.5.